The molecule has 1 saturated heterocycles. The first-order chi connectivity index (χ1) is 11.5. The third-order valence-corrected chi connectivity index (χ3v) is 4.42. The van der Waals surface area contributed by atoms with Gasteiger partial charge in [-0.2, -0.15) is 5.10 Å². The lowest BCUT2D eigenvalue weighted by Crippen LogP contribution is -2.43. The zero-order valence-electron chi connectivity index (χ0n) is 13.4. The number of halogens is 1. The first kappa shape index (κ1) is 16.4. The van der Waals surface area contributed by atoms with Crippen LogP contribution >= 0.6 is 0 Å². The minimum absolute atomic E-state index is 0.0315. The molecule has 2 aromatic rings. The Morgan fingerprint density at radius 3 is 2.75 bits per heavy atom. The second-order valence-corrected chi connectivity index (χ2v) is 6.18. The average molecular weight is 333 g/mol. The SMILES string of the molecule is CC(O)C1CCCN(C(=O)c2nn(-c3ccc(F)cc3)cc2O)C1. The van der Waals surface area contributed by atoms with E-state index in [2.05, 4.69) is 5.10 Å². The van der Waals surface area contributed by atoms with Crippen molar-refractivity contribution in [1.82, 2.24) is 14.7 Å². The number of aliphatic hydroxyl groups is 1. The molecule has 0 bridgehead atoms. The van der Waals surface area contributed by atoms with Gasteiger partial charge in [0, 0.05) is 19.0 Å². The van der Waals surface area contributed by atoms with Gasteiger partial charge in [-0.1, -0.05) is 0 Å². The number of amides is 1. The molecule has 2 unspecified atom stereocenters. The summed E-state index contributed by atoms with van der Waals surface area (Å²) in [5.74, 6) is -0.921. The number of hydrogen-bond donors (Lipinski definition) is 2. The largest absolute Gasteiger partial charge is 0.504 e. The fraction of sp³-hybridized carbons (Fsp3) is 0.412. The van der Waals surface area contributed by atoms with E-state index in [0.29, 0.717) is 18.8 Å². The lowest BCUT2D eigenvalue weighted by molar-refractivity contribution is 0.0459. The molecule has 0 radical (unpaired) electrons. The Kier molecular flexibility index (Phi) is 4.53. The molecule has 1 aromatic carbocycles. The molecule has 0 spiro atoms. The van der Waals surface area contributed by atoms with Crippen molar-refractivity contribution in [3.8, 4) is 11.4 Å². The van der Waals surface area contributed by atoms with Crippen molar-refractivity contribution < 1.29 is 19.4 Å². The van der Waals surface area contributed by atoms with Crippen molar-refractivity contribution in [3.05, 3.63) is 42.0 Å². The summed E-state index contributed by atoms with van der Waals surface area (Å²) in [6.45, 7) is 2.74. The number of hydrogen-bond acceptors (Lipinski definition) is 4. The Balaban J connectivity index is 1.81. The molecule has 1 amide bonds. The Morgan fingerprint density at radius 1 is 1.38 bits per heavy atom. The molecule has 1 aliphatic heterocycles. The third kappa shape index (κ3) is 3.26. The molecule has 6 nitrogen and oxygen atoms in total. The summed E-state index contributed by atoms with van der Waals surface area (Å²) in [7, 11) is 0. The third-order valence-electron chi connectivity index (χ3n) is 4.42. The highest BCUT2D eigenvalue weighted by atomic mass is 19.1. The molecule has 24 heavy (non-hydrogen) atoms. The maximum Gasteiger partial charge on any atom is 0.278 e. The molecule has 0 saturated carbocycles. The van der Waals surface area contributed by atoms with Gasteiger partial charge in [0.05, 0.1) is 18.0 Å². The van der Waals surface area contributed by atoms with Crippen LogP contribution in [0.5, 0.6) is 5.75 Å². The van der Waals surface area contributed by atoms with Crippen LogP contribution < -0.4 is 0 Å². The second kappa shape index (κ2) is 6.60. The zero-order chi connectivity index (χ0) is 17.3. The lowest BCUT2D eigenvalue weighted by Gasteiger charge is -2.33. The van der Waals surface area contributed by atoms with E-state index in [-0.39, 0.29) is 29.1 Å². The van der Waals surface area contributed by atoms with Crippen LogP contribution in [0, 0.1) is 11.7 Å². The number of carbonyl (C=O) groups is 1. The van der Waals surface area contributed by atoms with Crippen molar-refractivity contribution in [3.63, 3.8) is 0 Å². The van der Waals surface area contributed by atoms with Gasteiger partial charge >= 0.3 is 0 Å². The Hall–Kier alpha value is -2.41. The summed E-state index contributed by atoms with van der Waals surface area (Å²) in [4.78, 5) is 14.2. The van der Waals surface area contributed by atoms with Gasteiger partial charge in [-0.25, -0.2) is 9.07 Å². The van der Waals surface area contributed by atoms with Gasteiger partial charge < -0.3 is 15.1 Å². The first-order valence-electron chi connectivity index (χ1n) is 7.97. The summed E-state index contributed by atoms with van der Waals surface area (Å²) >= 11 is 0. The monoisotopic (exact) mass is 333 g/mol. The van der Waals surface area contributed by atoms with Gasteiger partial charge in [-0.15, -0.1) is 0 Å². The van der Waals surface area contributed by atoms with E-state index in [1.807, 2.05) is 0 Å². The number of aliphatic hydroxyl groups excluding tert-OH is 1. The van der Waals surface area contributed by atoms with Gasteiger partial charge in [0.2, 0.25) is 0 Å². The molecule has 3 rings (SSSR count). The Morgan fingerprint density at radius 2 is 2.08 bits per heavy atom. The maximum absolute atomic E-state index is 13.0. The number of likely N-dealkylation sites (tertiary alicyclic amines) is 1. The minimum Gasteiger partial charge on any atom is -0.504 e. The van der Waals surface area contributed by atoms with Crippen LogP contribution in [0.3, 0.4) is 0 Å². The van der Waals surface area contributed by atoms with Crippen LogP contribution in [-0.2, 0) is 0 Å². The molecule has 2 atom stereocenters. The molecule has 0 aliphatic carbocycles. The van der Waals surface area contributed by atoms with Gasteiger partial charge in [0.25, 0.3) is 5.91 Å². The van der Waals surface area contributed by atoms with Gasteiger partial charge in [-0.3, -0.25) is 4.79 Å². The van der Waals surface area contributed by atoms with Crippen molar-refractivity contribution in [2.45, 2.75) is 25.9 Å². The first-order valence-corrected chi connectivity index (χ1v) is 7.97. The molecular formula is C17H20FN3O3. The molecule has 1 aromatic heterocycles. The van der Waals surface area contributed by atoms with Crippen LogP contribution in [0.4, 0.5) is 4.39 Å². The molecule has 2 N–H and O–H groups in total. The summed E-state index contributed by atoms with van der Waals surface area (Å²) in [6.07, 6.45) is 2.53. The number of nitrogens with zero attached hydrogens (tertiary/aromatic N) is 3. The van der Waals surface area contributed by atoms with Gasteiger partial charge in [0.15, 0.2) is 11.4 Å². The minimum atomic E-state index is -0.481. The number of carbonyl (C=O) groups excluding carboxylic acids is 1. The van der Waals surface area contributed by atoms with E-state index in [1.165, 1.54) is 35.1 Å². The highest BCUT2D eigenvalue weighted by Crippen LogP contribution is 2.24. The van der Waals surface area contributed by atoms with E-state index in [0.717, 1.165) is 12.8 Å². The molecular weight excluding hydrogens is 313 g/mol. The fourth-order valence-electron chi connectivity index (χ4n) is 2.98. The normalized spacial score (nSPS) is 19.3. The quantitative estimate of drug-likeness (QED) is 0.900. The number of aromatic hydroxyl groups is 1. The van der Waals surface area contributed by atoms with Crippen LogP contribution in [0.25, 0.3) is 5.69 Å². The van der Waals surface area contributed by atoms with Gasteiger partial charge in [0.1, 0.15) is 5.82 Å². The van der Waals surface area contributed by atoms with Crippen molar-refractivity contribution in [1.29, 1.82) is 0 Å². The Bertz CT molecular complexity index is 727. The van der Waals surface area contributed by atoms with Crippen LogP contribution in [-0.4, -0.2) is 50.0 Å². The van der Waals surface area contributed by atoms with E-state index >= 15 is 0 Å². The number of piperidine rings is 1. The van der Waals surface area contributed by atoms with E-state index < -0.39 is 6.10 Å². The predicted octanol–water partition coefficient (Wildman–Crippen LogP) is 1.95. The summed E-state index contributed by atoms with van der Waals surface area (Å²) < 4.78 is 14.3. The highest BCUT2D eigenvalue weighted by molar-refractivity contribution is 5.94. The standard InChI is InChI=1S/C17H20FN3O3/c1-11(22)12-3-2-8-20(9-12)17(24)16-15(23)10-21(19-16)14-6-4-13(18)5-7-14/h4-7,10-12,22-23H,2-3,8-9H2,1H3. The second-order valence-electron chi connectivity index (χ2n) is 6.18. The topological polar surface area (TPSA) is 78.6 Å². The molecule has 1 aliphatic rings. The van der Waals surface area contributed by atoms with Crippen molar-refractivity contribution in [2.24, 2.45) is 5.92 Å². The van der Waals surface area contributed by atoms with Crippen molar-refractivity contribution in [2.75, 3.05) is 13.1 Å². The molecule has 1 fully saturated rings. The lowest BCUT2D eigenvalue weighted by atomic mass is 9.93. The number of benzene rings is 1. The summed E-state index contributed by atoms with van der Waals surface area (Å²) in [5.41, 5.74) is 0.511. The average Bonchev–Trinajstić information content (AvgIpc) is 2.96. The highest BCUT2D eigenvalue weighted by Gasteiger charge is 2.29. The van der Waals surface area contributed by atoms with Crippen LogP contribution in [0.1, 0.15) is 30.3 Å². The van der Waals surface area contributed by atoms with Crippen LogP contribution in [0.15, 0.2) is 30.5 Å². The van der Waals surface area contributed by atoms with Crippen LogP contribution in [0.2, 0.25) is 0 Å². The van der Waals surface area contributed by atoms with Crippen molar-refractivity contribution >= 4 is 5.91 Å². The van der Waals surface area contributed by atoms with E-state index in [1.54, 1.807) is 11.8 Å². The molecule has 2 heterocycles. The number of aromatic nitrogens is 2. The van der Waals surface area contributed by atoms with Gasteiger partial charge in [-0.05, 0) is 44.0 Å². The predicted molar refractivity (Wildman–Crippen MR) is 85.5 cm³/mol. The Labute approximate surface area is 139 Å². The number of rotatable bonds is 3. The summed E-state index contributed by atoms with van der Waals surface area (Å²) in [6, 6.07) is 5.60. The van der Waals surface area contributed by atoms with E-state index in [4.69, 9.17) is 0 Å². The molecule has 128 valence electrons. The summed E-state index contributed by atoms with van der Waals surface area (Å²) in [5, 5.41) is 24.0. The van der Waals surface area contributed by atoms with E-state index in [9.17, 15) is 19.4 Å². The maximum atomic E-state index is 13.0. The molecule has 7 heteroatoms. The zero-order valence-corrected chi connectivity index (χ0v) is 13.4. The smallest absolute Gasteiger partial charge is 0.278 e. The fourth-order valence-corrected chi connectivity index (χ4v) is 2.98.